The Morgan fingerprint density at radius 2 is 1.75 bits per heavy atom. The number of carbonyl (C=O) groups excluding carboxylic acids is 1. The Bertz CT molecular complexity index is 688. The summed E-state index contributed by atoms with van der Waals surface area (Å²) in [7, 11) is 0. The van der Waals surface area contributed by atoms with Gasteiger partial charge >= 0.3 is 5.97 Å². The highest BCUT2D eigenvalue weighted by molar-refractivity contribution is 9.10. The molecule has 6 heteroatoms. The molecule has 20 heavy (non-hydrogen) atoms. The topological polar surface area (TPSA) is 66.4 Å². The van der Waals surface area contributed by atoms with Crippen molar-refractivity contribution in [1.82, 2.24) is 0 Å². The Labute approximate surface area is 128 Å². The van der Waals surface area contributed by atoms with Gasteiger partial charge in [0.05, 0.1) is 16.8 Å². The van der Waals surface area contributed by atoms with E-state index in [9.17, 15) is 9.59 Å². The van der Waals surface area contributed by atoms with Gasteiger partial charge in [0.2, 0.25) is 0 Å². The van der Waals surface area contributed by atoms with Gasteiger partial charge in [0.15, 0.2) is 0 Å². The number of amides is 1. The molecule has 2 N–H and O–H groups in total. The molecule has 2 rings (SSSR count). The van der Waals surface area contributed by atoms with Crippen LogP contribution in [0.3, 0.4) is 0 Å². The Morgan fingerprint density at radius 3 is 2.35 bits per heavy atom. The monoisotopic (exact) mass is 353 g/mol. The summed E-state index contributed by atoms with van der Waals surface area (Å²) in [4.78, 5) is 23.2. The maximum Gasteiger partial charge on any atom is 0.336 e. The number of anilines is 1. The van der Waals surface area contributed by atoms with Crippen LogP contribution < -0.4 is 5.32 Å². The van der Waals surface area contributed by atoms with E-state index in [0.29, 0.717) is 15.2 Å². The van der Waals surface area contributed by atoms with Crippen molar-refractivity contribution in [3.63, 3.8) is 0 Å². The van der Waals surface area contributed by atoms with Crippen LogP contribution in [0.5, 0.6) is 0 Å². The summed E-state index contributed by atoms with van der Waals surface area (Å²) >= 11 is 9.10. The van der Waals surface area contributed by atoms with E-state index in [1.165, 1.54) is 12.1 Å². The van der Waals surface area contributed by atoms with Gasteiger partial charge in [0.1, 0.15) is 0 Å². The fraction of sp³-hybridized carbons (Fsp3) is 0. The SMILES string of the molecule is O=C(O)c1ccccc1C(=O)Nc1ccc(Cl)cc1Br. The molecule has 0 atom stereocenters. The van der Waals surface area contributed by atoms with Gasteiger partial charge in [-0.2, -0.15) is 0 Å². The maximum atomic E-state index is 12.1. The predicted octanol–water partition coefficient (Wildman–Crippen LogP) is 4.05. The van der Waals surface area contributed by atoms with Crippen molar-refractivity contribution in [1.29, 1.82) is 0 Å². The summed E-state index contributed by atoms with van der Waals surface area (Å²) < 4.78 is 0.617. The van der Waals surface area contributed by atoms with Crippen molar-refractivity contribution in [3.8, 4) is 0 Å². The maximum absolute atomic E-state index is 12.1. The summed E-state index contributed by atoms with van der Waals surface area (Å²) in [6.07, 6.45) is 0. The quantitative estimate of drug-likeness (QED) is 0.874. The van der Waals surface area contributed by atoms with E-state index in [1.54, 1.807) is 30.3 Å². The van der Waals surface area contributed by atoms with E-state index in [-0.39, 0.29) is 11.1 Å². The fourth-order valence-corrected chi connectivity index (χ4v) is 2.43. The van der Waals surface area contributed by atoms with Gasteiger partial charge in [-0.3, -0.25) is 4.79 Å². The van der Waals surface area contributed by atoms with Gasteiger partial charge < -0.3 is 10.4 Å². The first-order chi connectivity index (χ1) is 9.49. The van der Waals surface area contributed by atoms with Crippen molar-refractivity contribution in [3.05, 3.63) is 63.1 Å². The van der Waals surface area contributed by atoms with Crippen LogP contribution in [0.1, 0.15) is 20.7 Å². The second-order valence-electron chi connectivity index (χ2n) is 3.93. The molecule has 0 heterocycles. The molecule has 0 aromatic heterocycles. The number of hydrogen-bond donors (Lipinski definition) is 2. The van der Waals surface area contributed by atoms with E-state index in [1.807, 2.05) is 0 Å². The lowest BCUT2D eigenvalue weighted by Crippen LogP contribution is -2.16. The van der Waals surface area contributed by atoms with E-state index >= 15 is 0 Å². The molecule has 2 aromatic rings. The van der Waals surface area contributed by atoms with Gasteiger partial charge in [-0.25, -0.2) is 4.79 Å². The second kappa shape index (κ2) is 6.07. The number of rotatable bonds is 3. The standard InChI is InChI=1S/C14H9BrClNO3/c15-11-7-8(16)5-6-12(11)17-13(18)9-3-1-2-4-10(9)14(19)20/h1-7H,(H,17,18)(H,19,20). The highest BCUT2D eigenvalue weighted by Gasteiger charge is 2.16. The molecule has 0 spiro atoms. The minimum atomic E-state index is -1.15. The normalized spacial score (nSPS) is 10.1. The number of aromatic carboxylic acids is 1. The van der Waals surface area contributed by atoms with Crippen LogP contribution in [-0.4, -0.2) is 17.0 Å². The molecule has 1 amide bonds. The molecular formula is C14H9BrClNO3. The third kappa shape index (κ3) is 3.18. The third-order valence-electron chi connectivity index (χ3n) is 2.58. The molecule has 0 radical (unpaired) electrons. The Hall–Kier alpha value is -1.85. The van der Waals surface area contributed by atoms with Gasteiger partial charge in [-0.1, -0.05) is 23.7 Å². The molecule has 0 aliphatic carbocycles. The van der Waals surface area contributed by atoms with E-state index < -0.39 is 11.9 Å². The summed E-state index contributed by atoms with van der Waals surface area (Å²) in [6, 6.07) is 10.9. The van der Waals surface area contributed by atoms with Crippen molar-refractivity contribution in [2.24, 2.45) is 0 Å². The van der Waals surface area contributed by atoms with Crippen molar-refractivity contribution in [2.75, 3.05) is 5.32 Å². The predicted molar refractivity (Wildman–Crippen MR) is 80.5 cm³/mol. The number of hydrogen-bond acceptors (Lipinski definition) is 2. The summed E-state index contributed by atoms with van der Waals surface area (Å²) in [5.74, 6) is -1.64. The highest BCUT2D eigenvalue weighted by Crippen LogP contribution is 2.26. The molecule has 0 aliphatic heterocycles. The Morgan fingerprint density at radius 1 is 1.10 bits per heavy atom. The smallest absolute Gasteiger partial charge is 0.336 e. The summed E-state index contributed by atoms with van der Waals surface area (Å²) in [6.45, 7) is 0. The Kier molecular flexibility index (Phi) is 4.42. The molecule has 0 unspecified atom stereocenters. The zero-order chi connectivity index (χ0) is 14.7. The summed E-state index contributed by atoms with van der Waals surface area (Å²) in [5, 5.41) is 12.2. The molecule has 0 fully saturated rings. The number of carboxylic acid groups (broad SMARTS) is 1. The van der Waals surface area contributed by atoms with Gasteiger partial charge in [0.25, 0.3) is 5.91 Å². The molecule has 0 saturated heterocycles. The first-order valence-corrected chi connectivity index (χ1v) is 6.75. The minimum absolute atomic E-state index is 0.0462. The van der Waals surface area contributed by atoms with Crippen LogP contribution in [0.25, 0.3) is 0 Å². The average Bonchev–Trinajstić information content (AvgIpc) is 2.41. The van der Waals surface area contributed by atoms with Gasteiger partial charge in [0, 0.05) is 9.50 Å². The number of carbonyl (C=O) groups is 2. The fourth-order valence-electron chi connectivity index (χ4n) is 1.65. The molecule has 0 aliphatic rings. The average molecular weight is 355 g/mol. The van der Waals surface area contributed by atoms with Crippen LogP contribution in [-0.2, 0) is 0 Å². The first kappa shape index (κ1) is 14.6. The number of carboxylic acids is 1. The lowest BCUT2D eigenvalue weighted by molar-refractivity contribution is 0.0692. The van der Waals surface area contributed by atoms with Crippen molar-refractivity contribution >= 4 is 45.1 Å². The second-order valence-corrected chi connectivity index (χ2v) is 5.22. The first-order valence-electron chi connectivity index (χ1n) is 5.58. The van der Waals surface area contributed by atoms with E-state index in [0.717, 1.165) is 0 Å². The minimum Gasteiger partial charge on any atom is -0.478 e. The van der Waals surface area contributed by atoms with Crippen LogP contribution in [0.4, 0.5) is 5.69 Å². The number of halogens is 2. The molecule has 102 valence electrons. The highest BCUT2D eigenvalue weighted by atomic mass is 79.9. The zero-order valence-corrected chi connectivity index (χ0v) is 12.4. The molecule has 2 aromatic carbocycles. The number of nitrogens with one attached hydrogen (secondary N) is 1. The van der Waals surface area contributed by atoms with Crippen LogP contribution in [0.2, 0.25) is 5.02 Å². The van der Waals surface area contributed by atoms with E-state index in [2.05, 4.69) is 21.2 Å². The van der Waals surface area contributed by atoms with Crippen LogP contribution in [0.15, 0.2) is 46.9 Å². The molecular weight excluding hydrogens is 346 g/mol. The third-order valence-corrected chi connectivity index (χ3v) is 3.47. The molecule has 0 saturated carbocycles. The van der Waals surface area contributed by atoms with Crippen molar-refractivity contribution in [2.45, 2.75) is 0 Å². The van der Waals surface area contributed by atoms with Crippen LogP contribution >= 0.6 is 27.5 Å². The molecule has 4 nitrogen and oxygen atoms in total. The van der Waals surface area contributed by atoms with Crippen LogP contribution in [0, 0.1) is 0 Å². The number of benzene rings is 2. The molecule has 0 bridgehead atoms. The Balaban J connectivity index is 2.31. The lowest BCUT2D eigenvalue weighted by atomic mass is 10.1. The zero-order valence-electron chi connectivity index (χ0n) is 10.1. The van der Waals surface area contributed by atoms with E-state index in [4.69, 9.17) is 16.7 Å². The largest absolute Gasteiger partial charge is 0.478 e. The summed E-state index contributed by atoms with van der Waals surface area (Å²) in [5.41, 5.74) is 0.566. The van der Waals surface area contributed by atoms with Crippen molar-refractivity contribution < 1.29 is 14.7 Å². The van der Waals surface area contributed by atoms with Gasteiger partial charge in [-0.15, -0.1) is 0 Å². The van der Waals surface area contributed by atoms with Gasteiger partial charge in [-0.05, 0) is 46.3 Å². The lowest BCUT2D eigenvalue weighted by Gasteiger charge is -2.09.